The van der Waals surface area contributed by atoms with Crippen molar-refractivity contribution in [3.63, 3.8) is 0 Å². The number of nitro groups is 2. The summed E-state index contributed by atoms with van der Waals surface area (Å²) < 4.78 is 0. The lowest BCUT2D eigenvalue weighted by molar-refractivity contribution is -0.394. The minimum absolute atomic E-state index is 0.00575. The number of hydrogen-bond donors (Lipinski definition) is 2. The average molecular weight is 351 g/mol. The van der Waals surface area contributed by atoms with Gasteiger partial charge < -0.3 is 5.32 Å². The number of nitrogens with zero attached hydrogens (tertiary/aromatic N) is 3. The number of carbonyl (C=O) groups excluding carboxylic acids is 2. The van der Waals surface area contributed by atoms with Crippen LogP contribution >= 0.6 is 0 Å². The lowest BCUT2D eigenvalue weighted by Gasteiger charge is -2.04. The number of nitro benzene ring substituents is 2. The topological polar surface area (TPSA) is 157 Å². The van der Waals surface area contributed by atoms with Crippen LogP contribution in [0, 0.1) is 20.2 Å². The van der Waals surface area contributed by atoms with Crippen LogP contribution in [0.3, 0.4) is 0 Å². The van der Waals surface area contributed by atoms with Gasteiger partial charge in [0.1, 0.15) is 0 Å². The predicted molar refractivity (Wildman–Crippen MR) is 88.0 cm³/mol. The molecule has 2 N–H and O–H groups in total. The fourth-order valence-corrected chi connectivity index (χ4v) is 1.89. The van der Waals surface area contributed by atoms with Crippen molar-refractivity contribution in [2.45, 2.75) is 26.7 Å². The van der Waals surface area contributed by atoms with Crippen LogP contribution in [0.15, 0.2) is 23.3 Å². The Labute approximate surface area is 142 Å². The molecule has 0 atom stereocenters. The van der Waals surface area contributed by atoms with Gasteiger partial charge in [-0.25, -0.2) is 5.43 Å². The molecule has 134 valence electrons. The lowest BCUT2D eigenvalue weighted by Crippen LogP contribution is -2.26. The van der Waals surface area contributed by atoms with E-state index in [1.165, 1.54) is 0 Å². The zero-order valence-corrected chi connectivity index (χ0v) is 13.6. The van der Waals surface area contributed by atoms with Gasteiger partial charge in [-0.2, -0.15) is 5.10 Å². The van der Waals surface area contributed by atoms with Gasteiger partial charge in [-0.3, -0.25) is 29.8 Å². The summed E-state index contributed by atoms with van der Waals surface area (Å²) in [5.41, 5.74) is 1.61. The number of rotatable bonds is 8. The molecule has 1 rings (SSSR count). The SMILES string of the molecule is CCNC(=O)CC(C)=NNC(=O)Cc1ccc([N+](=O)[O-])cc1[N+](=O)[O-]. The molecule has 2 amide bonds. The number of hydrazone groups is 1. The quantitative estimate of drug-likeness (QED) is 0.405. The van der Waals surface area contributed by atoms with E-state index in [0.29, 0.717) is 12.3 Å². The highest BCUT2D eigenvalue weighted by molar-refractivity contribution is 6.00. The Bertz CT molecular complexity index is 730. The first kappa shape index (κ1) is 19.7. The van der Waals surface area contributed by atoms with E-state index < -0.39 is 27.1 Å². The van der Waals surface area contributed by atoms with E-state index in [1.54, 1.807) is 13.8 Å². The molecule has 11 heteroatoms. The van der Waals surface area contributed by atoms with E-state index in [-0.39, 0.29) is 24.3 Å². The summed E-state index contributed by atoms with van der Waals surface area (Å²) >= 11 is 0. The molecule has 1 aromatic carbocycles. The van der Waals surface area contributed by atoms with E-state index in [1.807, 2.05) is 0 Å². The second-order valence-corrected chi connectivity index (χ2v) is 5.02. The van der Waals surface area contributed by atoms with Gasteiger partial charge in [-0.15, -0.1) is 0 Å². The van der Waals surface area contributed by atoms with Crippen LogP contribution in [0.25, 0.3) is 0 Å². The molecular weight excluding hydrogens is 334 g/mol. The summed E-state index contributed by atoms with van der Waals surface area (Å²) in [6.45, 7) is 3.79. The van der Waals surface area contributed by atoms with E-state index in [4.69, 9.17) is 0 Å². The summed E-state index contributed by atoms with van der Waals surface area (Å²) in [5.74, 6) is -0.892. The first-order chi connectivity index (χ1) is 11.7. The Balaban J connectivity index is 2.78. The molecule has 0 aliphatic rings. The summed E-state index contributed by atoms with van der Waals surface area (Å²) in [5, 5.41) is 28.0. The molecule has 25 heavy (non-hydrogen) atoms. The summed E-state index contributed by atoms with van der Waals surface area (Å²) in [7, 11) is 0. The van der Waals surface area contributed by atoms with E-state index in [2.05, 4.69) is 15.8 Å². The van der Waals surface area contributed by atoms with Crippen molar-refractivity contribution in [1.29, 1.82) is 0 Å². The van der Waals surface area contributed by atoms with Gasteiger partial charge in [0.2, 0.25) is 11.8 Å². The average Bonchev–Trinajstić information content (AvgIpc) is 2.53. The van der Waals surface area contributed by atoms with E-state index in [0.717, 1.165) is 18.2 Å². The number of nitrogens with one attached hydrogen (secondary N) is 2. The summed E-state index contributed by atoms with van der Waals surface area (Å²) in [6, 6.07) is 3.03. The third kappa shape index (κ3) is 6.33. The smallest absolute Gasteiger partial charge is 0.279 e. The van der Waals surface area contributed by atoms with E-state index >= 15 is 0 Å². The van der Waals surface area contributed by atoms with Gasteiger partial charge >= 0.3 is 0 Å². The normalized spacial score (nSPS) is 10.9. The van der Waals surface area contributed by atoms with Gasteiger partial charge in [0.15, 0.2) is 0 Å². The van der Waals surface area contributed by atoms with Crippen molar-refractivity contribution in [2.75, 3.05) is 6.54 Å². The molecule has 1 aromatic rings. The Hall–Kier alpha value is -3.37. The van der Waals surface area contributed by atoms with Crippen molar-refractivity contribution in [1.82, 2.24) is 10.7 Å². The van der Waals surface area contributed by atoms with Gasteiger partial charge in [0, 0.05) is 23.9 Å². The molecular formula is C14H17N5O6. The second kappa shape index (κ2) is 9.05. The molecule has 0 aliphatic carbocycles. The van der Waals surface area contributed by atoms with Crippen molar-refractivity contribution in [2.24, 2.45) is 5.10 Å². The largest absolute Gasteiger partial charge is 0.356 e. The first-order valence-electron chi connectivity index (χ1n) is 7.25. The fourth-order valence-electron chi connectivity index (χ4n) is 1.89. The molecule has 0 spiro atoms. The minimum Gasteiger partial charge on any atom is -0.356 e. The standard InChI is InChI=1S/C14H17N5O6/c1-3-15-13(20)6-9(2)16-17-14(21)7-10-4-5-11(18(22)23)8-12(10)19(24)25/h4-5,8H,3,6-7H2,1-2H3,(H,15,20)(H,17,21). The number of non-ortho nitro benzene ring substituents is 1. The summed E-state index contributed by atoms with van der Waals surface area (Å²) in [6.07, 6.45) is -0.377. The number of amides is 2. The van der Waals surface area contributed by atoms with Crippen LogP contribution in [0.4, 0.5) is 11.4 Å². The van der Waals surface area contributed by atoms with Gasteiger partial charge in [-0.05, 0) is 19.9 Å². The van der Waals surface area contributed by atoms with Gasteiger partial charge in [0.05, 0.1) is 28.8 Å². The number of benzene rings is 1. The van der Waals surface area contributed by atoms with Crippen LogP contribution < -0.4 is 10.7 Å². The van der Waals surface area contributed by atoms with Crippen LogP contribution in [-0.2, 0) is 16.0 Å². The molecule has 0 aliphatic heterocycles. The van der Waals surface area contributed by atoms with Crippen molar-refractivity contribution >= 4 is 28.9 Å². The lowest BCUT2D eigenvalue weighted by atomic mass is 10.1. The van der Waals surface area contributed by atoms with Crippen molar-refractivity contribution in [3.05, 3.63) is 44.0 Å². The van der Waals surface area contributed by atoms with Crippen molar-refractivity contribution in [3.8, 4) is 0 Å². The molecule has 11 nitrogen and oxygen atoms in total. The Morgan fingerprint density at radius 2 is 1.84 bits per heavy atom. The number of hydrogen-bond acceptors (Lipinski definition) is 7. The third-order valence-corrected chi connectivity index (χ3v) is 2.99. The first-order valence-corrected chi connectivity index (χ1v) is 7.25. The summed E-state index contributed by atoms with van der Waals surface area (Å²) in [4.78, 5) is 43.3. The van der Waals surface area contributed by atoms with Gasteiger partial charge in [0.25, 0.3) is 11.4 Å². The zero-order chi connectivity index (χ0) is 19.0. The molecule has 0 heterocycles. The number of carbonyl (C=O) groups is 2. The Morgan fingerprint density at radius 1 is 1.16 bits per heavy atom. The zero-order valence-electron chi connectivity index (χ0n) is 13.6. The molecule has 0 saturated heterocycles. The van der Waals surface area contributed by atoms with Crippen LogP contribution in [0.2, 0.25) is 0 Å². The van der Waals surface area contributed by atoms with Crippen LogP contribution in [0.1, 0.15) is 25.8 Å². The minimum atomic E-state index is -0.792. The maximum absolute atomic E-state index is 11.8. The maximum Gasteiger partial charge on any atom is 0.279 e. The fraction of sp³-hybridized carbons (Fsp3) is 0.357. The Kier molecular flexibility index (Phi) is 7.13. The second-order valence-electron chi connectivity index (χ2n) is 5.02. The highest BCUT2D eigenvalue weighted by atomic mass is 16.6. The van der Waals surface area contributed by atoms with E-state index in [9.17, 15) is 29.8 Å². The molecule has 0 aromatic heterocycles. The maximum atomic E-state index is 11.8. The van der Waals surface area contributed by atoms with Gasteiger partial charge in [-0.1, -0.05) is 0 Å². The third-order valence-electron chi connectivity index (χ3n) is 2.99. The molecule has 0 unspecified atom stereocenters. The predicted octanol–water partition coefficient (Wildman–Crippen LogP) is 1.06. The van der Waals surface area contributed by atoms with Crippen LogP contribution in [-0.4, -0.2) is 33.9 Å². The molecule has 0 saturated carbocycles. The molecule has 0 fully saturated rings. The highest BCUT2D eigenvalue weighted by Crippen LogP contribution is 2.24. The monoisotopic (exact) mass is 351 g/mol. The van der Waals surface area contributed by atoms with Crippen LogP contribution in [0.5, 0.6) is 0 Å². The highest BCUT2D eigenvalue weighted by Gasteiger charge is 2.21. The molecule has 0 bridgehead atoms. The Morgan fingerprint density at radius 3 is 2.40 bits per heavy atom. The molecule has 0 radical (unpaired) electrons. The van der Waals surface area contributed by atoms with Crippen molar-refractivity contribution < 1.29 is 19.4 Å².